The predicted octanol–water partition coefficient (Wildman–Crippen LogP) is 6.00. The SMILES string of the molecule is O=C1C(=O)N(c2cccc(C(F)(F)F)c2)[C@H](c2ccc(Br)cc2)C1=C(O)c1ccc([N+](=O)[O-])cc1. The second kappa shape index (κ2) is 8.99. The normalized spacial score (nSPS) is 17.6. The van der Waals surface area contributed by atoms with E-state index in [2.05, 4.69) is 15.9 Å². The molecule has 1 aliphatic heterocycles. The van der Waals surface area contributed by atoms with E-state index in [1.165, 1.54) is 18.2 Å². The Morgan fingerprint density at radius 3 is 2.20 bits per heavy atom. The zero-order valence-electron chi connectivity index (χ0n) is 17.5. The lowest BCUT2D eigenvalue weighted by Gasteiger charge is -2.26. The number of anilines is 1. The van der Waals surface area contributed by atoms with E-state index in [0.29, 0.717) is 10.0 Å². The van der Waals surface area contributed by atoms with Crippen LogP contribution in [0.15, 0.2) is 82.8 Å². The van der Waals surface area contributed by atoms with Gasteiger partial charge in [-0.3, -0.25) is 24.6 Å². The smallest absolute Gasteiger partial charge is 0.416 e. The molecule has 0 spiro atoms. The predicted molar refractivity (Wildman–Crippen MR) is 123 cm³/mol. The monoisotopic (exact) mass is 546 g/mol. The standard InChI is InChI=1S/C24H14BrF3N2O5/c25-16-8-4-13(5-9-16)20-19(21(31)14-6-10-17(11-7-14)30(34)35)22(32)23(33)29(20)18-3-1-2-15(12-18)24(26,27)28/h1-12,20,31H/t20-/m1/s1. The van der Waals surface area contributed by atoms with Crippen LogP contribution in [0, 0.1) is 10.1 Å². The van der Waals surface area contributed by atoms with Crippen LogP contribution >= 0.6 is 15.9 Å². The number of rotatable bonds is 4. The number of Topliss-reactive ketones (excluding diaryl/α,β-unsaturated/α-hetero) is 1. The number of alkyl halides is 3. The fourth-order valence-electron chi connectivity index (χ4n) is 3.79. The number of carbonyl (C=O) groups excluding carboxylic acids is 2. The van der Waals surface area contributed by atoms with Gasteiger partial charge in [0.2, 0.25) is 0 Å². The van der Waals surface area contributed by atoms with E-state index in [0.717, 1.165) is 35.2 Å². The second-order valence-electron chi connectivity index (χ2n) is 7.57. The van der Waals surface area contributed by atoms with Crippen molar-refractivity contribution in [3.8, 4) is 0 Å². The molecule has 1 atom stereocenters. The summed E-state index contributed by atoms with van der Waals surface area (Å²) in [6, 6.07) is 13.7. The molecule has 3 aromatic rings. The Labute approximate surface area is 204 Å². The number of halogens is 4. The fraction of sp³-hybridized carbons (Fsp3) is 0.0833. The summed E-state index contributed by atoms with van der Waals surface area (Å²) in [5.41, 5.74) is -1.42. The molecule has 1 fully saturated rings. The molecule has 0 aromatic heterocycles. The van der Waals surface area contributed by atoms with Crippen molar-refractivity contribution in [2.24, 2.45) is 0 Å². The van der Waals surface area contributed by atoms with Crippen molar-refractivity contribution in [1.29, 1.82) is 0 Å². The molecule has 1 heterocycles. The molecule has 1 N–H and O–H groups in total. The van der Waals surface area contributed by atoms with E-state index in [9.17, 15) is 38.0 Å². The number of nitrogens with zero attached hydrogens (tertiary/aromatic N) is 2. The first-order valence-corrected chi connectivity index (χ1v) is 10.8. The van der Waals surface area contributed by atoms with Crippen LogP contribution in [0.1, 0.15) is 22.7 Å². The molecule has 0 bridgehead atoms. The fourth-order valence-corrected chi connectivity index (χ4v) is 4.05. The lowest BCUT2D eigenvalue weighted by molar-refractivity contribution is -0.384. The number of amides is 1. The first kappa shape index (κ1) is 24.1. The first-order valence-electron chi connectivity index (χ1n) is 9.97. The molecule has 178 valence electrons. The van der Waals surface area contributed by atoms with Crippen LogP contribution < -0.4 is 4.90 Å². The van der Waals surface area contributed by atoms with Crippen LogP contribution in [-0.4, -0.2) is 21.7 Å². The molecule has 35 heavy (non-hydrogen) atoms. The maximum Gasteiger partial charge on any atom is 0.416 e. The topological polar surface area (TPSA) is 101 Å². The van der Waals surface area contributed by atoms with E-state index in [4.69, 9.17) is 0 Å². The molecule has 1 amide bonds. The summed E-state index contributed by atoms with van der Waals surface area (Å²) < 4.78 is 40.7. The van der Waals surface area contributed by atoms with Gasteiger partial charge in [0, 0.05) is 27.9 Å². The molecule has 7 nitrogen and oxygen atoms in total. The molecule has 0 saturated carbocycles. The Hall–Kier alpha value is -3.99. The van der Waals surface area contributed by atoms with Crippen LogP contribution in [0.5, 0.6) is 0 Å². The van der Waals surface area contributed by atoms with Crippen molar-refractivity contribution in [3.63, 3.8) is 0 Å². The summed E-state index contributed by atoms with van der Waals surface area (Å²) in [6.07, 6.45) is -4.69. The Morgan fingerprint density at radius 1 is 1.00 bits per heavy atom. The second-order valence-corrected chi connectivity index (χ2v) is 8.49. The van der Waals surface area contributed by atoms with Gasteiger partial charge in [-0.25, -0.2) is 0 Å². The largest absolute Gasteiger partial charge is 0.507 e. The number of carbonyl (C=O) groups is 2. The van der Waals surface area contributed by atoms with Crippen molar-refractivity contribution in [2.45, 2.75) is 12.2 Å². The number of ketones is 1. The highest BCUT2D eigenvalue weighted by molar-refractivity contribution is 9.10. The third kappa shape index (κ3) is 4.54. The van der Waals surface area contributed by atoms with E-state index < -0.39 is 40.2 Å². The lowest BCUT2D eigenvalue weighted by atomic mass is 9.95. The van der Waals surface area contributed by atoms with Gasteiger partial charge in [0.1, 0.15) is 5.76 Å². The van der Waals surface area contributed by atoms with Crippen molar-refractivity contribution < 1.29 is 32.8 Å². The first-order chi connectivity index (χ1) is 16.5. The van der Waals surface area contributed by atoms with Gasteiger partial charge in [0.15, 0.2) is 0 Å². The lowest BCUT2D eigenvalue weighted by Crippen LogP contribution is -2.29. The minimum Gasteiger partial charge on any atom is -0.507 e. The molecule has 0 unspecified atom stereocenters. The molecule has 11 heteroatoms. The Balaban J connectivity index is 1.92. The van der Waals surface area contributed by atoms with Crippen molar-refractivity contribution >= 4 is 44.8 Å². The molecule has 1 aliphatic rings. The summed E-state index contributed by atoms with van der Waals surface area (Å²) in [5, 5.41) is 21.9. The van der Waals surface area contributed by atoms with Gasteiger partial charge in [-0.2, -0.15) is 13.2 Å². The Bertz CT molecular complexity index is 1370. The number of hydrogen-bond acceptors (Lipinski definition) is 5. The van der Waals surface area contributed by atoms with Crippen LogP contribution in [0.2, 0.25) is 0 Å². The minimum absolute atomic E-state index is 0.0275. The molecule has 0 radical (unpaired) electrons. The quantitative estimate of drug-likeness (QED) is 0.142. The van der Waals surface area contributed by atoms with E-state index in [1.54, 1.807) is 24.3 Å². The van der Waals surface area contributed by atoms with E-state index in [-0.39, 0.29) is 22.5 Å². The van der Waals surface area contributed by atoms with Gasteiger partial charge >= 0.3 is 6.18 Å². The maximum absolute atomic E-state index is 13.3. The van der Waals surface area contributed by atoms with Crippen LogP contribution in [0.4, 0.5) is 24.5 Å². The maximum atomic E-state index is 13.3. The van der Waals surface area contributed by atoms with Gasteiger partial charge in [-0.1, -0.05) is 34.1 Å². The van der Waals surface area contributed by atoms with E-state index >= 15 is 0 Å². The Kier molecular flexibility index (Phi) is 6.20. The molecule has 1 saturated heterocycles. The van der Waals surface area contributed by atoms with Crippen LogP contribution in [0.3, 0.4) is 0 Å². The number of non-ortho nitro benzene ring substituents is 1. The van der Waals surface area contributed by atoms with Gasteiger partial charge in [-0.15, -0.1) is 0 Å². The molecule has 0 aliphatic carbocycles. The van der Waals surface area contributed by atoms with Crippen LogP contribution in [-0.2, 0) is 15.8 Å². The summed E-state index contributed by atoms with van der Waals surface area (Å²) in [5.74, 6) is -2.84. The Morgan fingerprint density at radius 2 is 1.63 bits per heavy atom. The zero-order chi connectivity index (χ0) is 25.5. The highest BCUT2D eigenvalue weighted by Gasteiger charge is 2.47. The summed E-state index contributed by atoms with van der Waals surface area (Å²) in [6.45, 7) is 0. The zero-order valence-corrected chi connectivity index (χ0v) is 19.1. The molecule has 4 rings (SSSR count). The third-order valence-corrected chi connectivity index (χ3v) is 5.96. The average molecular weight is 547 g/mol. The number of benzene rings is 3. The third-order valence-electron chi connectivity index (χ3n) is 5.43. The summed E-state index contributed by atoms with van der Waals surface area (Å²) >= 11 is 3.28. The molecule has 3 aromatic carbocycles. The van der Waals surface area contributed by atoms with Gasteiger partial charge in [-0.05, 0) is 48.0 Å². The van der Waals surface area contributed by atoms with Gasteiger partial charge in [0.05, 0.1) is 22.1 Å². The average Bonchev–Trinajstić information content (AvgIpc) is 3.09. The van der Waals surface area contributed by atoms with Crippen molar-refractivity contribution in [2.75, 3.05) is 4.90 Å². The van der Waals surface area contributed by atoms with Crippen LogP contribution in [0.25, 0.3) is 5.76 Å². The van der Waals surface area contributed by atoms with Crippen molar-refractivity contribution in [1.82, 2.24) is 0 Å². The van der Waals surface area contributed by atoms with Gasteiger partial charge in [0.25, 0.3) is 17.4 Å². The highest BCUT2D eigenvalue weighted by atomic mass is 79.9. The summed E-state index contributed by atoms with van der Waals surface area (Å²) in [4.78, 5) is 37.3. The number of aliphatic hydroxyl groups excluding tert-OH is 1. The highest BCUT2D eigenvalue weighted by Crippen LogP contribution is 2.43. The van der Waals surface area contributed by atoms with Crippen molar-refractivity contribution in [3.05, 3.63) is 110 Å². The number of hydrogen-bond donors (Lipinski definition) is 1. The number of nitro benzene ring substituents is 1. The minimum atomic E-state index is -4.69. The molecular weight excluding hydrogens is 533 g/mol. The summed E-state index contributed by atoms with van der Waals surface area (Å²) in [7, 11) is 0. The molecular formula is C24H14BrF3N2O5. The van der Waals surface area contributed by atoms with Gasteiger partial charge < -0.3 is 5.11 Å². The number of aliphatic hydroxyl groups is 1. The van der Waals surface area contributed by atoms with E-state index in [1.807, 2.05) is 0 Å². The number of nitro groups is 1.